The lowest BCUT2D eigenvalue weighted by Gasteiger charge is -2.46. The Labute approximate surface area is 129 Å². The molecule has 0 aliphatic carbocycles. The Morgan fingerprint density at radius 2 is 2.10 bits per heavy atom. The van der Waals surface area contributed by atoms with Crippen LogP contribution in [0.25, 0.3) is 0 Å². The Bertz CT molecular complexity index is 434. The predicted molar refractivity (Wildman–Crippen MR) is 86.0 cm³/mol. The second kappa shape index (κ2) is 6.88. The minimum Gasteiger partial charge on any atom is -0.311 e. The van der Waals surface area contributed by atoms with Gasteiger partial charge in [-0.15, -0.1) is 0 Å². The zero-order valence-electron chi connectivity index (χ0n) is 14.3. The fourth-order valence-corrected chi connectivity index (χ4v) is 3.18. The van der Waals surface area contributed by atoms with Gasteiger partial charge in [0.25, 0.3) is 0 Å². The van der Waals surface area contributed by atoms with E-state index in [-0.39, 0.29) is 5.41 Å². The van der Waals surface area contributed by atoms with E-state index < -0.39 is 0 Å². The van der Waals surface area contributed by atoms with E-state index in [1.807, 2.05) is 0 Å². The molecule has 120 valence electrons. The summed E-state index contributed by atoms with van der Waals surface area (Å²) in [5.74, 6) is 1.10. The number of hydrogen-bond donors (Lipinski definition) is 1. The van der Waals surface area contributed by atoms with Crippen LogP contribution in [0.2, 0.25) is 0 Å². The SMILES string of the molecule is CCCn1ncnc1CN1CC(CC)NCC1C(C)(C)C. The van der Waals surface area contributed by atoms with E-state index in [0.717, 1.165) is 38.4 Å². The maximum atomic E-state index is 4.49. The summed E-state index contributed by atoms with van der Waals surface area (Å²) in [4.78, 5) is 7.08. The van der Waals surface area contributed by atoms with Gasteiger partial charge >= 0.3 is 0 Å². The Kier molecular flexibility index (Phi) is 5.38. The summed E-state index contributed by atoms with van der Waals surface area (Å²) in [5, 5.41) is 8.05. The molecule has 1 aromatic heterocycles. The van der Waals surface area contributed by atoms with Crippen LogP contribution in [-0.4, -0.2) is 44.8 Å². The van der Waals surface area contributed by atoms with Crippen LogP contribution in [0.1, 0.15) is 53.3 Å². The molecule has 0 spiro atoms. The average Bonchev–Trinajstić information content (AvgIpc) is 2.85. The molecule has 1 aromatic rings. The molecular formula is C16H31N5. The van der Waals surface area contributed by atoms with Crippen LogP contribution >= 0.6 is 0 Å². The molecule has 0 amide bonds. The summed E-state index contributed by atoms with van der Waals surface area (Å²) in [5.41, 5.74) is 0.265. The molecule has 1 fully saturated rings. The quantitative estimate of drug-likeness (QED) is 0.905. The summed E-state index contributed by atoms with van der Waals surface area (Å²) in [6.45, 7) is 15.4. The molecule has 2 heterocycles. The van der Waals surface area contributed by atoms with Crippen LogP contribution in [0.15, 0.2) is 6.33 Å². The number of aromatic nitrogens is 3. The Balaban J connectivity index is 2.13. The third-order valence-corrected chi connectivity index (χ3v) is 4.46. The van der Waals surface area contributed by atoms with Gasteiger partial charge in [-0.25, -0.2) is 9.67 Å². The summed E-state index contributed by atoms with van der Waals surface area (Å²) < 4.78 is 2.06. The standard InChI is InChI=1S/C16H31N5/c1-6-8-21-15(18-12-19-21)11-20-10-13(7-2)17-9-14(20)16(3,4)5/h12-14,17H,6-11H2,1-5H3. The van der Waals surface area contributed by atoms with E-state index >= 15 is 0 Å². The van der Waals surface area contributed by atoms with Gasteiger partial charge in [0, 0.05) is 31.7 Å². The normalized spacial score (nSPS) is 24.4. The molecule has 1 aliphatic heterocycles. The van der Waals surface area contributed by atoms with E-state index in [1.165, 1.54) is 6.42 Å². The van der Waals surface area contributed by atoms with E-state index in [4.69, 9.17) is 0 Å². The zero-order chi connectivity index (χ0) is 15.5. The van der Waals surface area contributed by atoms with Crippen LogP contribution in [0.4, 0.5) is 0 Å². The third kappa shape index (κ3) is 4.04. The minimum atomic E-state index is 0.265. The summed E-state index contributed by atoms with van der Waals surface area (Å²) in [7, 11) is 0. The van der Waals surface area contributed by atoms with Crippen LogP contribution in [0.5, 0.6) is 0 Å². The fraction of sp³-hybridized carbons (Fsp3) is 0.875. The number of hydrogen-bond acceptors (Lipinski definition) is 4. The summed E-state index contributed by atoms with van der Waals surface area (Å²) in [6.07, 6.45) is 3.96. The first-order chi connectivity index (χ1) is 9.95. The van der Waals surface area contributed by atoms with Gasteiger partial charge in [-0.2, -0.15) is 5.10 Å². The van der Waals surface area contributed by atoms with Gasteiger partial charge < -0.3 is 5.32 Å². The molecule has 0 saturated carbocycles. The van der Waals surface area contributed by atoms with Crippen molar-refractivity contribution in [2.75, 3.05) is 13.1 Å². The number of nitrogens with one attached hydrogen (secondary N) is 1. The van der Waals surface area contributed by atoms with Crippen molar-refractivity contribution in [3.05, 3.63) is 12.2 Å². The Morgan fingerprint density at radius 1 is 1.33 bits per heavy atom. The smallest absolute Gasteiger partial charge is 0.141 e. The van der Waals surface area contributed by atoms with Crippen LogP contribution in [0, 0.1) is 5.41 Å². The summed E-state index contributed by atoms with van der Waals surface area (Å²) in [6, 6.07) is 1.12. The molecule has 0 bridgehead atoms. The number of rotatable bonds is 5. The first kappa shape index (κ1) is 16.4. The van der Waals surface area contributed by atoms with Crippen LogP contribution in [0.3, 0.4) is 0 Å². The minimum absolute atomic E-state index is 0.265. The molecular weight excluding hydrogens is 262 g/mol. The van der Waals surface area contributed by atoms with Crippen molar-refractivity contribution in [2.24, 2.45) is 5.41 Å². The zero-order valence-corrected chi connectivity index (χ0v) is 14.3. The lowest BCUT2D eigenvalue weighted by Crippen LogP contribution is -2.60. The van der Waals surface area contributed by atoms with E-state index in [0.29, 0.717) is 12.1 Å². The molecule has 2 unspecified atom stereocenters. The maximum absolute atomic E-state index is 4.49. The van der Waals surface area contributed by atoms with Gasteiger partial charge in [0.05, 0.1) is 6.54 Å². The predicted octanol–water partition coefficient (Wildman–Crippen LogP) is 2.29. The number of nitrogens with zero attached hydrogens (tertiary/aromatic N) is 4. The van der Waals surface area contributed by atoms with Gasteiger partial charge in [-0.1, -0.05) is 34.6 Å². The molecule has 5 nitrogen and oxygen atoms in total. The Morgan fingerprint density at radius 3 is 2.71 bits per heavy atom. The van der Waals surface area contributed by atoms with Crippen LogP contribution in [-0.2, 0) is 13.1 Å². The third-order valence-electron chi connectivity index (χ3n) is 4.46. The first-order valence-electron chi connectivity index (χ1n) is 8.29. The molecule has 0 aromatic carbocycles. The monoisotopic (exact) mass is 293 g/mol. The molecule has 0 radical (unpaired) electrons. The van der Waals surface area contributed by atoms with Crippen molar-refractivity contribution in [2.45, 2.75) is 72.6 Å². The second-order valence-electron chi connectivity index (χ2n) is 7.22. The van der Waals surface area contributed by atoms with Crippen LogP contribution < -0.4 is 5.32 Å². The van der Waals surface area contributed by atoms with E-state index in [1.54, 1.807) is 6.33 Å². The highest BCUT2D eigenvalue weighted by Gasteiger charge is 2.35. The first-order valence-corrected chi connectivity index (χ1v) is 8.29. The highest BCUT2D eigenvalue weighted by Crippen LogP contribution is 2.27. The van der Waals surface area contributed by atoms with Gasteiger partial charge in [0.2, 0.25) is 0 Å². The van der Waals surface area contributed by atoms with Gasteiger partial charge in [0.15, 0.2) is 0 Å². The van der Waals surface area contributed by atoms with Crippen molar-refractivity contribution in [3.63, 3.8) is 0 Å². The molecule has 1 saturated heterocycles. The van der Waals surface area contributed by atoms with Gasteiger partial charge in [-0.3, -0.25) is 4.90 Å². The van der Waals surface area contributed by atoms with Crippen molar-refractivity contribution < 1.29 is 0 Å². The number of aryl methyl sites for hydroxylation is 1. The largest absolute Gasteiger partial charge is 0.311 e. The van der Waals surface area contributed by atoms with Gasteiger partial charge in [0.1, 0.15) is 12.2 Å². The topological polar surface area (TPSA) is 46.0 Å². The molecule has 5 heteroatoms. The molecule has 2 atom stereocenters. The Hall–Kier alpha value is -0.940. The number of piperazine rings is 1. The van der Waals surface area contributed by atoms with E-state index in [2.05, 4.69) is 59.6 Å². The highest BCUT2D eigenvalue weighted by atomic mass is 15.4. The molecule has 21 heavy (non-hydrogen) atoms. The average molecular weight is 293 g/mol. The van der Waals surface area contributed by atoms with Crippen molar-refractivity contribution in [1.29, 1.82) is 0 Å². The van der Waals surface area contributed by atoms with E-state index in [9.17, 15) is 0 Å². The molecule has 1 N–H and O–H groups in total. The van der Waals surface area contributed by atoms with Crippen molar-refractivity contribution in [3.8, 4) is 0 Å². The van der Waals surface area contributed by atoms with Crippen molar-refractivity contribution >= 4 is 0 Å². The molecule has 1 aliphatic rings. The second-order valence-corrected chi connectivity index (χ2v) is 7.22. The maximum Gasteiger partial charge on any atom is 0.141 e. The highest BCUT2D eigenvalue weighted by molar-refractivity contribution is 4.95. The summed E-state index contributed by atoms with van der Waals surface area (Å²) >= 11 is 0. The van der Waals surface area contributed by atoms with Crippen molar-refractivity contribution in [1.82, 2.24) is 25.0 Å². The fourth-order valence-electron chi connectivity index (χ4n) is 3.18. The molecule has 2 rings (SSSR count). The lowest BCUT2D eigenvalue weighted by molar-refractivity contribution is 0.0454. The van der Waals surface area contributed by atoms with Gasteiger partial charge in [-0.05, 0) is 18.3 Å². The lowest BCUT2D eigenvalue weighted by atomic mass is 9.83.